The second-order valence-corrected chi connectivity index (χ2v) is 25.3. The van der Waals surface area contributed by atoms with Crippen molar-refractivity contribution in [2.24, 2.45) is 35.5 Å². The molecule has 0 radical (unpaired) electrons. The summed E-state index contributed by atoms with van der Waals surface area (Å²) >= 11 is 0. The highest BCUT2D eigenvalue weighted by Crippen LogP contribution is 2.39. The molecule has 5 heterocycles. The molecule has 0 spiro atoms. The molecule has 494 valence electrons. The van der Waals surface area contributed by atoms with E-state index in [2.05, 4.69) is 0 Å². The second kappa shape index (κ2) is 32.5. The van der Waals surface area contributed by atoms with Crippen LogP contribution in [0.3, 0.4) is 0 Å². The third-order valence-electron chi connectivity index (χ3n) is 18.7. The zero-order chi connectivity index (χ0) is 64.2. The van der Waals surface area contributed by atoms with Gasteiger partial charge in [0.2, 0.25) is 11.6 Å². The lowest BCUT2D eigenvalue weighted by atomic mass is 9.78. The Morgan fingerprint density at radius 1 is 0.747 bits per heavy atom. The molecule has 5 aliphatic heterocycles. The van der Waals surface area contributed by atoms with Crippen LogP contribution in [0.5, 0.6) is 0 Å². The van der Waals surface area contributed by atoms with Crippen LogP contribution in [0.2, 0.25) is 0 Å². The first kappa shape index (κ1) is 72.3. The molecule has 2 unspecified atom stereocenters. The molecule has 1 saturated carbocycles. The standard InChI is InChI=1S/C63H99NO23/c1-33-16-12-11-13-17-34(2)45(79-8)28-41-21-19-39(7)63(78,86-41)58(74)59(75)64-23-15-14-18-42(64)60(76)84-46(36(4)26-40-20-22-43(66)47(27-40)80-9)29-44(67)35(3)25-38(6)55(56(81-10)50(68)37(5)24-33)83-32-62(77)57(73)52(70)49(87-62)31-82-61-54(72)53(71)51(69)48(30-65)85-61/h11-13,16-17,25,33,35-37,39-43,45-49,51-57,61,65-66,69-73,77-78H,14-15,18-24,26-32H2,1-10H3/b13-11+,16-12-,34-17+,38-25+/t33-,35-,36-,37-,39-,40?,41+,42?,43-,45+,46+,47-,48+,49+,51+,52+,53-,54+,55-,56+,57-,61-,62+,63-/m1/s1. The molecule has 0 aromatic rings. The number of allylic oxidation sites excluding steroid dienone is 6. The Bertz CT molecular complexity index is 2420. The third-order valence-corrected chi connectivity index (χ3v) is 18.7. The predicted octanol–water partition coefficient (Wildman–Crippen LogP) is 1.83. The number of aliphatic hydroxyl groups excluding tert-OH is 7. The van der Waals surface area contributed by atoms with E-state index in [1.54, 1.807) is 33.8 Å². The molecule has 24 nitrogen and oxygen atoms in total. The van der Waals surface area contributed by atoms with E-state index in [1.165, 1.54) is 21.3 Å². The lowest BCUT2D eigenvalue weighted by Crippen LogP contribution is -2.61. The Morgan fingerprint density at radius 2 is 1.47 bits per heavy atom. The molecule has 6 aliphatic rings. The van der Waals surface area contributed by atoms with Gasteiger partial charge in [-0.2, -0.15) is 0 Å². The topological polar surface area (TPSA) is 354 Å². The summed E-state index contributed by atoms with van der Waals surface area (Å²) in [6.07, 6.45) is -4.73. The maximum absolute atomic E-state index is 14.8. The molecule has 87 heavy (non-hydrogen) atoms. The van der Waals surface area contributed by atoms with Crippen LogP contribution in [0.4, 0.5) is 0 Å². The van der Waals surface area contributed by atoms with Crippen molar-refractivity contribution in [2.75, 3.05) is 47.7 Å². The highest BCUT2D eigenvalue weighted by molar-refractivity contribution is 6.39. The van der Waals surface area contributed by atoms with Gasteiger partial charge in [-0.3, -0.25) is 19.2 Å². The molecule has 2 bridgehead atoms. The van der Waals surface area contributed by atoms with Crippen molar-refractivity contribution in [2.45, 2.75) is 235 Å². The van der Waals surface area contributed by atoms with Gasteiger partial charge >= 0.3 is 5.97 Å². The van der Waals surface area contributed by atoms with Crippen molar-refractivity contribution < 1.29 is 113 Å². The van der Waals surface area contributed by atoms with Crippen LogP contribution in [0, 0.1) is 35.5 Å². The molecule has 5 fully saturated rings. The summed E-state index contributed by atoms with van der Waals surface area (Å²) in [6, 6.07) is -1.25. The maximum atomic E-state index is 14.8. The lowest BCUT2D eigenvalue weighted by molar-refractivity contribution is -0.311. The van der Waals surface area contributed by atoms with Crippen LogP contribution >= 0.6 is 0 Å². The highest BCUT2D eigenvalue weighted by atomic mass is 16.7. The lowest BCUT2D eigenvalue weighted by Gasteiger charge is -2.42. The summed E-state index contributed by atoms with van der Waals surface area (Å²) in [6.45, 7) is 9.91. The summed E-state index contributed by atoms with van der Waals surface area (Å²) in [5, 5.41) is 97.7. The average molecular weight is 1240 g/mol. The molecule has 6 rings (SSSR count). The molecule has 4 saturated heterocycles. The highest BCUT2D eigenvalue weighted by Gasteiger charge is 2.56. The van der Waals surface area contributed by atoms with Crippen molar-refractivity contribution in [1.29, 1.82) is 0 Å². The van der Waals surface area contributed by atoms with E-state index in [9.17, 15) is 69.9 Å². The number of nitrogens with zero attached hydrogens (tertiary/aromatic N) is 1. The van der Waals surface area contributed by atoms with Crippen molar-refractivity contribution >= 4 is 29.2 Å². The Hall–Kier alpha value is -3.77. The van der Waals surface area contributed by atoms with Crippen LogP contribution in [0.25, 0.3) is 0 Å². The number of esters is 1. The smallest absolute Gasteiger partial charge is 0.329 e. The van der Waals surface area contributed by atoms with Gasteiger partial charge in [0.15, 0.2) is 12.1 Å². The van der Waals surface area contributed by atoms with E-state index in [-0.39, 0.29) is 43.2 Å². The number of aliphatic hydroxyl groups is 9. The van der Waals surface area contributed by atoms with Gasteiger partial charge in [0.05, 0.1) is 37.6 Å². The molecule has 0 aromatic heterocycles. The summed E-state index contributed by atoms with van der Waals surface area (Å²) in [5.41, 5.74) is 1.08. The number of ketones is 3. The van der Waals surface area contributed by atoms with Gasteiger partial charge in [0.1, 0.15) is 79.5 Å². The first-order valence-corrected chi connectivity index (χ1v) is 30.9. The Morgan fingerprint density at radius 3 is 2.15 bits per heavy atom. The van der Waals surface area contributed by atoms with Gasteiger partial charge in [0.25, 0.3) is 11.7 Å². The molecular weight excluding hydrogens is 1140 g/mol. The molecule has 1 aliphatic carbocycles. The van der Waals surface area contributed by atoms with Gasteiger partial charge in [-0.25, -0.2) is 4.79 Å². The van der Waals surface area contributed by atoms with Gasteiger partial charge < -0.3 is 93.5 Å². The van der Waals surface area contributed by atoms with Crippen LogP contribution in [-0.4, -0.2) is 237 Å². The molecule has 0 aromatic carbocycles. The Balaban J connectivity index is 1.33. The number of amides is 1. The van der Waals surface area contributed by atoms with Crippen LogP contribution < -0.4 is 0 Å². The zero-order valence-corrected chi connectivity index (χ0v) is 52.2. The number of rotatable bonds is 13. The number of hydrogen-bond donors (Lipinski definition) is 9. The van der Waals surface area contributed by atoms with E-state index in [0.717, 1.165) is 10.5 Å². The summed E-state index contributed by atoms with van der Waals surface area (Å²) in [5.74, 6) is -12.2. The first-order chi connectivity index (χ1) is 41.1. The van der Waals surface area contributed by atoms with Crippen molar-refractivity contribution in [3.63, 3.8) is 0 Å². The van der Waals surface area contributed by atoms with Crippen molar-refractivity contribution in [3.8, 4) is 0 Å². The molecule has 9 N–H and O–H groups in total. The minimum atomic E-state index is -2.68. The monoisotopic (exact) mass is 1240 g/mol. The number of ether oxygens (including phenoxy) is 9. The number of cyclic esters (lactones) is 1. The van der Waals surface area contributed by atoms with E-state index in [1.807, 2.05) is 51.2 Å². The number of carbonyl (C=O) groups excluding carboxylic acids is 5. The fourth-order valence-corrected chi connectivity index (χ4v) is 13.0. The quantitative estimate of drug-likeness (QED) is 0.0721. The maximum Gasteiger partial charge on any atom is 0.329 e. The SMILES string of the molecule is CO[C@H]1C[C@@H]2CC[C@@H](C)[C@@](O)(O2)C(=O)C(=O)N2CCCCC2C(=O)O[C@H]([C@H](C)CC2CC[C@@H](O)[C@H](OC)C2)CC(=O)[C@H](C)/C=C(\C)[C@@H](OC[C@]2(O)O[C@@H](CO[C@@H]3O[C@@H](CO)[C@H](O)[C@@H](O)[C@@H]3O)[C@H](O)[C@H]2O)[C@@H](OC)C(=O)[C@H](C)C[C@H](C)\C=C/C=C/C=C/1C. The Kier molecular flexibility index (Phi) is 27.0. The zero-order valence-electron chi connectivity index (χ0n) is 52.2. The van der Waals surface area contributed by atoms with Gasteiger partial charge in [-0.05, 0) is 107 Å². The number of Topliss-reactive ketones (excluding diaryl/α,β-unsaturated/α-hetero) is 3. The third kappa shape index (κ3) is 17.8. The number of carbonyl (C=O) groups is 5. The summed E-state index contributed by atoms with van der Waals surface area (Å²) < 4.78 is 53.0. The van der Waals surface area contributed by atoms with E-state index >= 15 is 0 Å². The van der Waals surface area contributed by atoms with Gasteiger partial charge in [-0.1, -0.05) is 71.1 Å². The number of fused-ring (bicyclic) bond motifs is 3. The van der Waals surface area contributed by atoms with Gasteiger partial charge in [0, 0.05) is 58.5 Å². The fourth-order valence-electron chi connectivity index (χ4n) is 13.0. The minimum absolute atomic E-state index is 0.00562. The number of methoxy groups -OCH3 is 3. The minimum Gasteiger partial charge on any atom is -0.460 e. The van der Waals surface area contributed by atoms with Crippen LogP contribution in [0.1, 0.15) is 126 Å². The van der Waals surface area contributed by atoms with Crippen molar-refractivity contribution in [3.05, 3.63) is 47.6 Å². The molecule has 24 heteroatoms. The molecule has 1 amide bonds. The number of piperidine rings is 1. The second-order valence-electron chi connectivity index (χ2n) is 25.3. The van der Waals surface area contributed by atoms with E-state index < -0.39 is 182 Å². The van der Waals surface area contributed by atoms with Gasteiger partial charge in [-0.15, -0.1) is 0 Å². The number of hydrogen-bond acceptors (Lipinski definition) is 23. The Labute approximate surface area is 510 Å². The van der Waals surface area contributed by atoms with Crippen LogP contribution in [-0.2, 0) is 66.6 Å². The summed E-state index contributed by atoms with van der Waals surface area (Å²) in [7, 11) is 4.36. The largest absolute Gasteiger partial charge is 0.460 e. The average Bonchev–Trinajstić information content (AvgIpc) is 1.81. The van der Waals surface area contributed by atoms with E-state index in [0.29, 0.717) is 57.8 Å². The fraction of sp³-hybridized carbons (Fsp3) is 0.794. The van der Waals surface area contributed by atoms with E-state index in [4.69, 9.17) is 42.6 Å². The van der Waals surface area contributed by atoms with Crippen LogP contribution in [0.15, 0.2) is 47.6 Å². The summed E-state index contributed by atoms with van der Waals surface area (Å²) in [4.78, 5) is 74.2. The first-order valence-electron chi connectivity index (χ1n) is 30.9. The predicted molar refractivity (Wildman–Crippen MR) is 310 cm³/mol. The molecule has 24 atom stereocenters. The van der Waals surface area contributed by atoms with Crippen molar-refractivity contribution in [1.82, 2.24) is 4.90 Å². The normalized spacial score (nSPS) is 43.8. The molecular formula is C63H99NO23.